The van der Waals surface area contributed by atoms with Crippen LogP contribution in [-0.4, -0.2) is 26.9 Å². The number of rotatable bonds is 5. The zero-order valence-corrected chi connectivity index (χ0v) is 18.1. The van der Waals surface area contributed by atoms with Crippen molar-refractivity contribution in [1.82, 2.24) is 5.32 Å². The second kappa shape index (κ2) is 8.64. The summed E-state index contributed by atoms with van der Waals surface area (Å²) in [5.41, 5.74) is 2.61. The second-order valence-electron chi connectivity index (χ2n) is 8.24. The number of sulfonamides is 1. The van der Waals surface area contributed by atoms with E-state index in [9.17, 15) is 13.2 Å². The number of hydrogen-bond donors (Lipinski definition) is 1. The fraction of sp³-hybridized carbons (Fsp3) is 0.375. The van der Waals surface area contributed by atoms with E-state index in [0.717, 1.165) is 42.5 Å². The van der Waals surface area contributed by atoms with Crippen molar-refractivity contribution < 1.29 is 13.2 Å². The monoisotopic (exact) mass is 424 g/mol. The Morgan fingerprint density at radius 2 is 1.80 bits per heavy atom. The van der Waals surface area contributed by atoms with Gasteiger partial charge in [-0.25, -0.2) is 8.42 Å². The standard InChI is InChI=1S/C24H28N2O3S/c1-18-6-2-4-8-22(18)25-24(27)15-12-19-10-13-21(14-11-19)30(28,29)26-17-16-20-7-3-5-9-23(20)26/h3,5,7,9-15,18,22H,2,4,6,8,16-17H2,1H3,(H,25,27)/b15-12+/t18-,22+/m0/s1. The first-order valence-corrected chi connectivity index (χ1v) is 12.1. The van der Waals surface area contributed by atoms with Gasteiger partial charge in [-0.15, -0.1) is 0 Å². The highest BCUT2D eigenvalue weighted by Gasteiger charge is 2.30. The zero-order chi connectivity index (χ0) is 21.1. The Kier molecular flexibility index (Phi) is 5.95. The van der Waals surface area contributed by atoms with Crippen LogP contribution >= 0.6 is 0 Å². The van der Waals surface area contributed by atoms with Gasteiger partial charge < -0.3 is 5.32 Å². The molecule has 6 heteroatoms. The predicted molar refractivity (Wildman–Crippen MR) is 120 cm³/mol. The molecule has 5 nitrogen and oxygen atoms in total. The molecule has 1 N–H and O–H groups in total. The largest absolute Gasteiger partial charge is 0.350 e. The van der Waals surface area contributed by atoms with Gasteiger partial charge in [-0.05, 0) is 60.6 Å². The summed E-state index contributed by atoms with van der Waals surface area (Å²) in [4.78, 5) is 12.5. The molecule has 0 aromatic heterocycles. The van der Waals surface area contributed by atoms with Gasteiger partial charge in [0.1, 0.15) is 0 Å². The molecule has 2 aromatic rings. The average molecular weight is 425 g/mol. The zero-order valence-electron chi connectivity index (χ0n) is 17.3. The van der Waals surface area contributed by atoms with Crippen LogP contribution in [0.5, 0.6) is 0 Å². The van der Waals surface area contributed by atoms with Crippen molar-refractivity contribution in [2.24, 2.45) is 5.92 Å². The third kappa shape index (κ3) is 4.29. The summed E-state index contributed by atoms with van der Waals surface area (Å²) in [5, 5.41) is 3.09. The minimum absolute atomic E-state index is 0.0980. The van der Waals surface area contributed by atoms with E-state index in [1.54, 1.807) is 30.3 Å². The van der Waals surface area contributed by atoms with Gasteiger partial charge in [0.15, 0.2) is 0 Å². The maximum Gasteiger partial charge on any atom is 0.264 e. The Morgan fingerprint density at radius 1 is 1.07 bits per heavy atom. The van der Waals surface area contributed by atoms with E-state index in [0.29, 0.717) is 12.5 Å². The summed E-state index contributed by atoms with van der Waals surface area (Å²) in [6.07, 6.45) is 8.58. The molecule has 2 aliphatic rings. The van der Waals surface area contributed by atoms with Crippen LogP contribution in [0.3, 0.4) is 0 Å². The Morgan fingerprint density at radius 3 is 2.57 bits per heavy atom. The van der Waals surface area contributed by atoms with Crippen LogP contribution in [0.15, 0.2) is 59.5 Å². The van der Waals surface area contributed by atoms with Gasteiger partial charge in [0.05, 0.1) is 10.6 Å². The highest BCUT2D eigenvalue weighted by atomic mass is 32.2. The number of anilines is 1. The fourth-order valence-corrected chi connectivity index (χ4v) is 5.87. The Labute approximate surface area is 178 Å². The number of carbonyl (C=O) groups excluding carboxylic acids is 1. The maximum atomic E-state index is 13.1. The minimum Gasteiger partial charge on any atom is -0.350 e. The number of benzene rings is 2. The normalized spacial score (nSPS) is 21.6. The van der Waals surface area contributed by atoms with Crippen LogP contribution in [0.1, 0.15) is 43.7 Å². The summed E-state index contributed by atoms with van der Waals surface area (Å²) in [7, 11) is -3.60. The number of para-hydroxylation sites is 1. The molecule has 2 aromatic carbocycles. The molecule has 1 aliphatic carbocycles. The maximum absolute atomic E-state index is 13.1. The highest BCUT2D eigenvalue weighted by Crippen LogP contribution is 2.32. The van der Waals surface area contributed by atoms with Crippen LogP contribution in [0.2, 0.25) is 0 Å². The molecule has 1 saturated carbocycles. The van der Waals surface area contributed by atoms with Crippen molar-refractivity contribution >= 4 is 27.7 Å². The lowest BCUT2D eigenvalue weighted by molar-refractivity contribution is -0.117. The molecule has 0 radical (unpaired) electrons. The third-order valence-electron chi connectivity index (χ3n) is 6.18. The van der Waals surface area contributed by atoms with Gasteiger partial charge in [0, 0.05) is 18.7 Å². The molecule has 1 fully saturated rings. The van der Waals surface area contributed by atoms with E-state index in [-0.39, 0.29) is 16.8 Å². The van der Waals surface area contributed by atoms with Gasteiger partial charge in [-0.3, -0.25) is 9.10 Å². The van der Waals surface area contributed by atoms with E-state index in [4.69, 9.17) is 0 Å². The van der Waals surface area contributed by atoms with Gasteiger partial charge in [0.25, 0.3) is 10.0 Å². The first-order valence-electron chi connectivity index (χ1n) is 10.6. The number of amides is 1. The quantitative estimate of drug-likeness (QED) is 0.734. The first kappa shape index (κ1) is 20.7. The average Bonchev–Trinajstić information content (AvgIpc) is 3.19. The van der Waals surface area contributed by atoms with Crippen LogP contribution < -0.4 is 9.62 Å². The van der Waals surface area contributed by atoms with E-state index < -0.39 is 10.0 Å². The molecule has 4 rings (SSSR count). The van der Waals surface area contributed by atoms with Crippen molar-refractivity contribution in [2.75, 3.05) is 10.8 Å². The van der Waals surface area contributed by atoms with Crippen molar-refractivity contribution in [3.8, 4) is 0 Å². The van der Waals surface area contributed by atoms with E-state index in [2.05, 4.69) is 12.2 Å². The SMILES string of the molecule is C[C@H]1CCCC[C@H]1NC(=O)/C=C/c1ccc(S(=O)(=O)N2CCc3ccccc32)cc1. The molecule has 0 bridgehead atoms. The minimum atomic E-state index is -3.60. The lowest BCUT2D eigenvalue weighted by Gasteiger charge is -2.29. The molecular weight excluding hydrogens is 396 g/mol. The highest BCUT2D eigenvalue weighted by molar-refractivity contribution is 7.92. The Bertz CT molecular complexity index is 1040. The number of hydrogen-bond acceptors (Lipinski definition) is 3. The summed E-state index contributed by atoms with van der Waals surface area (Å²) in [5.74, 6) is 0.412. The number of carbonyl (C=O) groups is 1. The van der Waals surface area contributed by atoms with Gasteiger partial charge in [-0.1, -0.05) is 50.1 Å². The second-order valence-corrected chi connectivity index (χ2v) is 10.1. The van der Waals surface area contributed by atoms with Gasteiger partial charge in [-0.2, -0.15) is 0 Å². The molecule has 0 saturated heterocycles. The van der Waals surface area contributed by atoms with Crippen molar-refractivity contribution in [1.29, 1.82) is 0 Å². The fourth-order valence-electron chi connectivity index (χ4n) is 4.37. The van der Waals surface area contributed by atoms with E-state index >= 15 is 0 Å². The summed E-state index contributed by atoms with van der Waals surface area (Å²) >= 11 is 0. The van der Waals surface area contributed by atoms with Crippen LogP contribution in [0.4, 0.5) is 5.69 Å². The van der Waals surface area contributed by atoms with Crippen molar-refractivity contribution in [3.05, 3.63) is 65.7 Å². The first-order chi connectivity index (χ1) is 14.4. The van der Waals surface area contributed by atoms with Crippen LogP contribution in [-0.2, 0) is 21.2 Å². The smallest absolute Gasteiger partial charge is 0.264 e. The molecular formula is C24H28N2O3S. The molecule has 1 heterocycles. The lowest BCUT2D eigenvalue weighted by Crippen LogP contribution is -2.40. The van der Waals surface area contributed by atoms with Crippen LogP contribution in [0.25, 0.3) is 6.08 Å². The Balaban J connectivity index is 1.43. The molecule has 1 amide bonds. The summed E-state index contributed by atoms with van der Waals surface area (Å²) in [6.45, 7) is 2.65. The molecule has 2 atom stereocenters. The lowest BCUT2D eigenvalue weighted by atomic mass is 9.86. The van der Waals surface area contributed by atoms with E-state index in [1.807, 2.05) is 24.3 Å². The molecule has 0 unspecified atom stereocenters. The number of nitrogens with one attached hydrogen (secondary N) is 1. The van der Waals surface area contributed by atoms with Gasteiger partial charge in [0.2, 0.25) is 5.91 Å². The molecule has 158 valence electrons. The molecule has 1 aliphatic heterocycles. The number of fused-ring (bicyclic) bond motifs is 1. The summed E-state index contributed by atoms with van der Waals surface area (Å²) in [6, 6.07) is 14.5. The van der Waals surface area contributed by atoms with E-state index in [1.165, 1.54) is 16.8 Å². The van der Waals surface area contributed by atoms with Crippen molar-refractivity contribution in [3.63, 3.8) is 0 Å². The third-order valence-corrected chi connectivity index (χ3v) is 8.01. The molecule has 0 spiro atoms. The van der Waals surface area contributed by atoms with Crippen LogP contribution in [0, 0.1) is 5.92 Å². The Hall–Kier alpha value is -2.60. The van der Waals surface area contributed by atoms with Crippen molar-refractivity contribution in [2.45, 2.75) is 50.0 Å². The number of nitrogens with zero attached hydrogens (tertiary/aromatic N) is 1. The summed E-state index contributed by atoms with van der Waals surface area (Å²) < 4.78 is 27.6. The van der Waals surface area contributed by atoms with Gasteiger partial charge >= 0.3 is 0 Å². The molecule has 30 heavy (non-hydrogen) atoms. The topological polar surface area (TPSA) is 66.5 Å². The predicted octanol–water partition coefficient (Wildman–Crippen LogP) is 4.15.